The van der Waals surface area contributed by atoms with Crippen LogP contribution in [0, 0.1) is 0 Å². The van der Waals surface area contributed by atoms with Crippen molar-refractivity contribution in [2.24, 2.45) is 0 Å². The van der Waals surface area contributed by atoms with Crippen LogP contribution in [0.4, 0.5) is 5.82 Å². The third-order valence-electron chi connectivity index (χ3n) is 7.79. The van der Waals surface area contributed by atoms with E-state index in [1.54, 1.807) is 0 Å². The average Bonchev–Trinajstić information content (AvgIpc) is 3.69. The molecule has 0 spiro atoms. The molecular weight excluding hydrogens is 517 g/mol. The predicted octanol–water partition coefficient (Wildman–Crippen LogP) is 7.85. The van der Waals surface area contributed by atoms with Crippen LogP contribution in [0.25, 0.3) is 33.3 Å². The molecule has 0 saturated heterocycles. The Morgan fingerprint density at radius 3 is 2.26 bits per heavy atom. The second kappa shape index (κ2) is 9.18. The Morgan fingerprint density at radius 2 is 1.49 bits per heavy atom. The third kappa shape index (κ3) is 3.77. The first-order valence-electron chi connectivity index (χ1n) is 13.3. The van der Waals surface area contributed by atoms with E-state index in [1.807, 2.05) is 23.5 Å². The molecule has 4 nitrogen and oxygen atoms in total. The topological polar surface area (TPSA) is 34.0 Å². The van der Waals surface area contributed by atoms with Gasteiger partial charge < -0.3 is 9.47 Å². The molecule has 4 aromatic rings. The van der Waals surface area contributed by atoms with Gasteiger partial charge in [0.1, 0.15) is 16.6 Å². The van der Waals surface area contributed by atoms with E-state index >= 15 is 0 Å². The predicted molar refractivity (Wildman–Crippen MR) is 167 cm³/mol. The molecule has 0 bridgehead atoms. The number of benzene rings is 2. The Balaban J connectivity index is 1.34. The van der Waals surface area contributed by atoms with Crippen molar-refractivity contribution >= 4 is 51.4 Å². The molecule has 0 N–H and O–H groups in total. The number of aromatic nitrogens is 3. The summed E-state index contributed by atoms with van der Waals surface area (Å²) < 4.78 is 2.39. The molecule has 39 heavy (non-hydrogen) atoms. The Labute approximate surface area is 236 Å². The van der Waals surface area contributed by atoms with Gasteiger partial charge in [0.15, 0.2) is 11.5 Å². The zero-order valence-corrected chi connectivity index (χ0v) is 23.0. The van der Waals surface area contributed by atoms with Crippen molar-refractivity contribution in [1.82, 2.24) is 14.5 Å². The Hall–Kier alpha value is -3.74. The summed E-state index contributed by atoms with van der Waals surface area (Å²) in [5.74, 6) is 0.912. The number of thioether (sulfide) groups is 2. The van der Waals surface area contributed by atoms with E-state index in [-0.39, 0.29) is 10.7 Å². The van der Waals surface area contributed by atoms with E-state index in [2.05, 4.69) is 132 Å². The van der Waals surface area contributed by atoms with Crippen LogP contribution in [0.15, 0.2) is 127 Å². The zero-order chi connectivity index (χ0) is 25.9. The van der Waals surface area contributed by atoms with Gasteiger partial charge in [-0.05, 0) is 29.4 Å². The standard InChI is InChI=1S/C33H26N4S2/c1-36(28-19-22-13-5-9-17-26(22)38-28)32-30(21-11-3-2-4-12-21)34-33-31(35-32)24-15-7-8-16-25(24)37(33)29-20-23-14-6-10-18-27(23)39-29/h2-20,26-29H,1H3. The number of hydrogen-bond acceptors (Lipinski definition) is 5. The molecule has 2 aromatic carbocycles. The smallest absolute Gasteiger partial charge is 0.161 e. The summed E-state index contributed by atoms with van der Waals surface area (Å²) in [6.45, 7) is 0. The van der Waals surface area contributed by atoms with Crippen LogP contribution in [0.2, 0.25) is 0 Å². The molecule has 2 aliphatic carbocycles. The average molecular weight is 543 g/mol. The van der Waals surface area contributed by atoms with Crippen LogP contribution < -0.4 is 4.90 Å². The fourth-order valence-corrected chi connectivity index (χ4v) is 8.53. The van der Waals surface area contributed by atoms with Gasteiger partial charge in [0.05, 0.1) is 21.4 Å². The summed E-state index contributed by atoms with van der Waals surface area (Å²) in [7, 11) is 2.15. The molecule has 4 heterocycles. The molecule has 0 amide bonds. The quantitative estimate of drug-likeness (QED) is 0.262. The van der Waals surface area contributed by atoms with Crippen molar-refractivity contribution in [2.45, 2.75) is 21.2 Å². The molecule has 0 radical (unpaired) electrons. The molecule has 2 aliphatic heterocycles. The van der Waals surface area contributed by atoms with Crippen molar-refractivity contribution in [2.75, 3.05) is 11.9 Å². The lowest BCUT2D eigenvalue weighted by Gasteiger charge is -2.26. The molecule has 2 aromatic heterocycles. The molecule has 4 unspecified atom stereocenters. The Kier molecular flexibility index (Phi) is 5.45. The van der Waals surface area contributed by atoms with Gasteiger partial charge in [-0.3, -0.25) is 0 Å². The van der Waals surface area contributed by atoms with Crippen molar-refractivity contribution in [3.63, 3.8) is 0 Å². The monoisotopic (exact) mass is 542 g/mol. The van der Waals surface area contributed by atoms with Gasteiger partial charge in [-0.15, -0.1) is 23.5 Å². The van der Waals surface area contributed by atoms with Crippen LogP contribution in [-0.2, 0) is 0 Å². The highest BCUT2D eigenvalue weighted by Crippen LogP contribution is 2.47. The summed E-state index contributed by atoms with van der Waals surface area (Å²) in [5, 5.41) is 2.24. The van der Waals surface area contributed by atoms with Crippen molar-refractivity contribution in [3.8, 4) is 11.3 Å². The van der Waals surface area contributed by atoms with Crippen molar-refractivity contribution < 1.29 is 0 Å². The SMILES string of the molecule is CN(c1nc2c3ccccc3n(C3C=C4C=CC=CC4S3)c2nc1-c1ccccc1)C1C=C2C=CC=CC2S1. The second-order valence-corrected chi connectivity index (χ2v) is 12.7. The normalized spacial score (nSPS) is 24.7. The van der Waals surface area contributed by atoms with Crippen LogP contribution in [0.1, 0.15) is 5.37 Å². The number of fused-ring (bicyclic) bond motifs is 5. The Morgan fingerprint density at radius 1 is 0.769 bits per heavy atom. The number of allylic oxidation sites excluding steroid dienone is 6. The highest BCUT2D eigenvalue weighted by Gasteiger charge is 2.32. The number of anilines is 1. The van der Waals surface area contributed by atoms with Crippen molar-refractivity contribution in [1.29, 1.82) is 0 Å². The summed E-state index contributed by atoms with van der Waals surface area (Å²) in [4.78, 5) is 13.2. The fraction of sp³-hybridized carbons (Fsp3) is 0.152. The maximum absolute atomic E-state index is 5.45. The first kappa shape index (κ1) is 23.2. The number of nitrogens with zero attached hydrogens (tertiary/aromatic N) is 4. The van der Waals surface area contributed by atoms with E-state index in [9.17, 15) is 0 Å². The molecular formula is C33H26N4S2. The number of likely N-dealkylation sites (N-methyl/N-ethyl adjacent to an activating group) is 1. The molecule has 8 rings (SSSR count). The van der Waals surface area contributed by atoms with E-state index in [1.165, 1.54) is 16.7 Å². The summed E-state index contributed by atoms with van der Waals surface area (Å²) >= 11 is 3.90. The number of para-hydroxylation sites is 1. The minimum absolute atomic E-state index is 0.151. The minimum Gasteiger partial charge on any atom is -0.342 e. The molecule has 0 saturated carbocycles. The summed E-state index contributed by atoms with van der Waals surface area (Å²) in [5.41, 5.74) is 7.79. The zero-order valence-electron chi connectivity index (χ0n) is 21.4. The van der Waals surface area contributed by atoms with Gasteiger partial charge in [0.25, 0.3) is 0 Å². The highest BCUT2D eigenvalue weighted by atomic mass is 32.2. The van der Waals surface area contributed by atoms with Crippen LogP contribution in [0.5, 0.6) is 0 Å². The van der Waals surface area contributed by atoms with E-state index in [0.29, 0.717) is 10.5 Å². The summed E-state index contributed by atoms with van der Waals surface area (Å²) in [6, 6.07) is 19.1. The lowest BCUT2D eigenvalue weighted by molar-refractivity contribution is 0.862. The largest absolute Gasteiger partial charge is 0.342 e. The Bertz CT molecular complexity index is 1810. The van der Waals surface area contributed by atoms with Crippen LogP contribution >= 0.6 is 23.5 Å². The van der Waals surface area contributed by atoms with Gasteiger partial charge in [-0.25, -0.2) is 9.97 Å². The third-order valence-corrected chi connectivity index (χ3v) is 10.6. The fourth-order valence-electron chi connectivity index (χ4n) is 5.85. The van der Waals surface area contributed by atoms with Gasteiger partial charge in [0, 0.05) is 18.0 Å². The molecule has 4 atom stereocenters. The van der Waals surface area contributed by atoms with Gasteiger partial charge in [0.2, 0.25) is 0 Å². The first-order valence-corrected chi connectivity index (χ1v) is 15.2. The lowest BCUT2D eigenvalue weighted by atomic mass is 10.1. The minimum atomic E-state index is 0.151. The van der Waals surface area contributed by atoms with Crippen LogP contribution in [0.3, 0.4) is 0 Å². The van der Waals surface area contributed by atoms with Crippen LogP contribution in [-0.4, -0.2) is 37.5 Å². The van der Waals surface area contributed by atoms with Gasteiger partial charge in [-0.2, -0.15) is 0 Å². The molecule has 190 valence electrons. The van der Waals surface area contributed by atoms with E-state index in [4.69, 9.17) is 9.97 Å². The second-order valence-electron chi connectivity index (χ2n) is 10.1. The number of hydrogen-bond donors (Lipinski definition) is 0. The lowest BCUT2D eigenvalue weighted by Crippen LogP contribution is -2.28. The highest BCUT2D eigenvalue weighted by molar-refractivity contribution is 8.01. The maximum atomic E-state index is 5.45. The van der Waals surface area contributed by atoms with Crippen molar-refractivity contribution in [3.05, 3.63) is 127 Å². The van der Waals surface area contributed by atoms with E-state index < -0.39 is 0 Å². The summed E-state index contributed by atoms with van der Waals surface area (Å²) in [6.07, 6.45) is 22.3. The van der Waals surface area contributed by atoms with Gasteiger partial charge in [-0.1, -0.05) is 97.1 Å². The number of rotatable bonds is 4. The first-order chi connectivity index (χ1) is 19.2. The maximum Gasteiger partial charge on any atom is 0.161 e. The molecule has 4 aliphatic rings. The molecule has 6 heteroatoms. The van der Waals surface area contributed by atoms with E-state index in [0.717, 1.165) is 33.6 Å². The molecule has 0 fully saturated rings. The van der Waals surface area contributed by atoms with Gasteiger partial charge >= 0.3 is 0 Å².